The Morgan fingerprint density at radius 1 is 1.23 bits per heavy atom. The molecular weight excluding hydrogens is 302 g/mol. The number of ether oxygens (including phenoxy) is 1. The molecule has 1 aromatic rings. The first-order chi connectivity index (χ1) is 10.4. The molecule has 0 aromatic heterocycles. The lowest BCUT2D eigenvalue weighted by Crippen LogP contribution is -2.42. The maximum atomic E-state index is 12.2. The van der Waals surface area contributed by atoms with Gasteiger partial charge in [-0.1, -0.05) is 32.0 Å². The Hall–Kier alpha value is -1.69. The molecule has 0 aliphatic carbocycles. The van der Waals surface area contributed by atoms with Gasteiger partial charge >= 0.3 is 5.97 Å². The Morgan fingerprint density at radius 3 is 2.41 bits per heavy atom. The van der Waals surface area contributed by atoms with E-state index in [0.717, 1.165) is 0 Å². The topological polar surface area (TPSA) is 72.5 Å². The highest BCUT2D eigenvalue weighted by molar-refractivity contribution is 7.85. The van der Waals surface area contributed by atoms with Crippen LogP contribution in [0.2, 0.25) is 0 Å². The number of hydrogen-bond donors (Lipinski definition) is 1. The summed E-state index contributed by atoms with van der Waals surface area (Å²) in [5.41, 5.74) is 0. The van der Waals surface area contributed by atoms with Crippen LogP contribution in [0.4, 0.5) is 0 Å². The van der Waals surface area contributed by atoms with Gasteiger partial charge in [0, 0.05) is 17.1 Å². The molecule has 0 aliphatic rings. The van der Waals surface area contributed by atoms with Gasteiger partial charge in [-0.05, 0) is 24.5 Å². The average molecular weight is 325 g/mol. The van der Waals surface area contributed by atoms with Crippen LogP contribution < -0.4 is 5.32 Å². The predicted molar refractivity (Wildman–Crippen MR) is 85.7 cm³/mol. The number of amides is 1. The van der Waals surface area contributed by atoms with Gasteiger partial charge in [0.1, 0.15) is 6.04 Å². The second-order valence-corrected chi connectivity index (χ2v) is 6.96. The fourth-order valence-corrected chi connectivity index (χ4v) is 3.08. The Bertz CT molecular complexity index is 516. The van der Waals surface area contributed by atoms with Crippen molar-refractivity contribution in [2.45, 2.75) is 37.6 Å². The van der Waals surface area contributed by atoms with Crippen molar-refractivity contribution in [2.75, 3.05) is 12.9 Å². The van der Waals surface area contributed by atoms with Gasteiger partial charge in [0.25, 0.3) is 0 Å². The van der Waals surface area contributed by atoms with Crippen molar-refractivity contribution in [1.82, 2.24) is 5.32 Å². The van der Waals surface area contributed by atoms with E-state index < -0.39 is 22.8 Å². The van der Waals surface area contributed by atoms with E-state index in [4.69, 9.17) is 4.74 Å². The van der Waals surface area contributed by atoms with E-state index in [-0.39, 0.29) is 24.0 Å². The van der Waals surface area contributed by atoms with Gasteiger partial charge < -0.3 is 10.1 Å². The maximum Gasteiger partial charge on any atom is 0.328 e. The van der Waals surface area contributed by atoms with Crippen LogP contribution in [-0.4, -0.2) is 35.0 Å². The zero-order chi connectivity index (χ0) is 16.5. The predicted octanol–water partition coefficient (Wildman–Crippen LogP) is 1.89. The summed E-state index contributed by atoms with van der Waals surface area (Å²) in [6.07, 6.45) is 0.618. The summed E-state index contributed by atoms with van der Waals surface area (Å²) in [7, 11) is 0.0687. The summed E-state index contributed by atoms with van der Waals surface area (Å²) in [6, 6.07) is 8.28. The third-order valence-corrected chi connectivity index (χ3v) is 4.42. The van der Waals surface area contributed by atoms with E-state index >= 15 is 0 Å². The number of rotatable bonds is 8. The SMILES string of the molecule is COC(=O)[C@H](CC[S@@](=O)c1ccccc1)NC(=O)CC(C)C. The van der Waals surface area contributed by atoms with E-state index in [2.05, 4.69) is 5.32 Å². The van der Waals surface area contributed by atoms with Crippen LogP contribution in [0.3, 0.4) is 0 Å². The molecule has 1 amide bonds. The molecule has 0 saturated carbocycles. The largest absolute Gasteiger partial charge is 0.467 e. The maximum absolute atomic E-state index is 12.2. The molecule has 0 fully saturated rings. The highest BCUT2D eigenvalue weighted by Gasteiger charge is 2.22. The van der Waals surface area contributed by atoms with E-state index in [1.165, 1.54) is 7.11 Å². The zero-order valence-corrected chi connectivity index (χ0v) is 14.0. The molecule has 0 unspecified atom stereocenters. The minimum Gasteiger partial charge on any atom is -0.467 e. The molecule has 2 atom stereocenters. The Morgan fingerprint density at radius 2 is 1.86 bits per heavy atom. The average Bonchev–Trinajstić information content (AvgIpc) is 2.50. The fraction of sp³-hybridized carbons (Fsp3) is 0.500. The number of methoxy groups -OCH3 is 1. The summed E-state index contributed by atoms with van der Waals surface area (Å²) in [5.74, 6) is -0.221. The molecule has 0 bridgehead atoms. The molecule has 1 N–H and O–H groups in total. The number of carbonyl (C=O) groups is 2. The number of carbonyl (C=O) groups excluding carboxylic acids is 2. The summed E-state index contributed by atoms with van der Waals surface area (Å²) in [6.45, 7) is 3.86. The Kier molecular flexibility index (Phi) is 7.80. The second kappa shape index (κ2) is 9.35. The first kappa shape index (κ1) is 18.4. The fourth-order valence-electron chi connectivity index (χ4n) is 1.93. The molecule has 5 nitrogen and oxygen atoms in total. The van der Waals surface area contributed by atoms with Crippen LogP contribution >= 0.6 is 0 Å². The molecule has 0 heterocycles. The van der Waals surface area contributed by atoms with Gasteiger partial charge in [-0.15, -0.1) is 0 Å². The van der Waals surface area contributed by atoms with Gasteiger partial charge in [0.05, 0.1) is 17.9 Å². The minimum absolute atomic E-state index is 0.198. The second-order valence-electron chi connectivity index (χ2n) is 5.39. The molecule has 22 heavy (non-hydrogen) atoms. The lowest BCUT2D eigenvalue weighted by atomic mass is 10.1. The molecule has 0 aliphatic heterocycles. The number of hydrogen-bond acceptors (Lipinski definition) is 4. The van der Waals surface area contributed by atoms with E-state index in [1.807, 2.05) is 32.0 Å². The zero-order valence-electron chi connectivity index (χ0n) is 13.2. The molecule has 1 rings (SSSR count). The van der Waals surface area contributed by atoms with E-state index in [0.29, 0.717) is 11.3 Å². The summed E-state index contributed by atoms with van der Waals surface area (Å²) < 4.78 is 16.9. The first-order valence-corrected chi connectivity index (χ1v) is 8.56. The number of nitrogens with one attached hydrogen (secondary N) is 1. The third-order valence-electron chi connectivity index (χ3n) is 3.01. The van der Waals surface area contributed by atoms with E-state index in [1.54, 1.807) is 12.1 Å². The highest BCUT2D eigenvalue weighted by atomic mass is 32.2. The van der Waals surface area contributed by atoms with Gasteiger partial charge in [0.15, 0.2) is 0 Å². The monoisotopic (exact) mass is 325 g/mol. The minimum atomic E-state index is -1.21. The summed E-state index contributed by atoms with van der Waals surface area (Å²) in [5, 5.41) is 2.66. The number of benzene rings is 1. The quantitative estimate of drug-likeness (QED) is 0.741. The molecule has 122 valence electrons. The van der Waals surface area contributed by atoms with Crippen molar-refractivity contribution in [2.24, 2.45) is 5.92 Å². The normalized spacial score (nSPS) is 13.5. The lowest BCUT2D eigenvalue weighted by Gasteiger charge is -2.17. The van der Waals surface area contributed by atoms with Crippen molar-refractivity contribution in [3.8, 4) is 0 Å². The standard InChI is InChI=1S/C16H23NO4S/c1-12(2)11-15(18)17-14(16(19)21-3)9-10-22(20)13-7-5-4-6-8-13/h4-8,12,14H,9-11H2,1-3H3,(H,17,18)/t14-,22+/m0/s1. The van der Waals surface area contributed by atoms with Crippen molar-refractivity contribution in [1.29, 1.82) is 0 Å². The van der Waals surface area contributed by atoms with Gasteiger partial charge in [-0.25, -0.2) is 4.79 Å². The van der Waals surface area contributed by atoms with Crippen molar-refractivity contribution < 1.29 is 18.5 Å². The number of esters is 1. The molecule has 0 spiro atoms. The van der Waals surface area contributed by atoms with Crippen LogP contribution in [0, 0.1) is 5.92 Å². The highest BCUT2D eigenvalue weighted by Crippen LogP contribution is 2.09. The smallest absolute Gasteiger partial charge is 0.328 e. The molecular formula is C16H23NO4S. The molecule has 0 radical (unpaired) electrons. The van der Waals surface area contributed by atoms with Crippen LogP contribution in [0.5, 0.6) is 0 Å². The van der Waals surface area contributed by atoms with Crippen LogP contribution in [0.1, 0.15) is 26.7 Å². The van der Waals surface area contributed by atoms with Gasteiger partial charge in [-0.2, -0.15) is 0 Å². The van der Waals surface area contributed by atoms with Crippen LogP contribution in [0.15, 0.2) is 35.2 Å². The van der Waals surface area contributed by atoms with E-state index in [9.17, 15) is 13.8 Å². The first-order valence-electron chi connectivity index (χ1n) is 7.24. The summed E-state index contributed by atoms with van der Waals surface area (Å²) >= 11 is 0. The van der Waals surface area contributed by atoms with Crippen molar-refractivity contribution in [3.63, 3.8) is 0 Å². The lowest BCUT2D eigenvalue weighted by molar-refractivity contribution is -0.145. The Balaban J connectivity index is 2.60. The van der Waals surface area contributed by atoms with Crippen LogP contribution in [0.25, 0.3) is 0 Å². The van der Waals surface area contributed by atoms with Crippen molar-refractivity contribution >= 4 is 22.7 Å². The molecule has 0 saturated heterocycles. The van der Waals surface area contributed by atoms with Gasteiger partial charge in [0.2, 0.25) is 5.91 Å². The Labute approximate surface area is 133 Å². The summed E-state index contributed by atoms with van der Waals surface area (Å²) in [4.78, 5) is 24.3. The molecule has 6 heteroatoms. The van der Waals surface area contributed by atoms with Crippen molar-refractivity contribution in [3.05, 3.63) is 30.3 Å². The molecule has 1 aromatic carbocycles. The van der Waals surface area contributed by atoms with Gasteiger partial charge in [-0.3, -0.25) is 9.00 Å². The van der Waals surface area contributed by atoms with Crippen LogP contribution in [-0.2, 0) is 25.1 Å². The third kappa shape index (κ3) is 6.39.